The van der Waals surface area contributed by atoms with Crippen LogP contribution in [0.1, 0.15) is 29.6 Å². The number of benzene rings is 2. The number of hydrogen-bond acceptors (Lipinski definition) is 5. The number of amides is 1. The zero-order valence-corrected chi connectivity index (χ0v) is 17.6. The lowest BCUT2D eigenvalue weighted by atomic mass is 10.1. The number of phenols is 1. The van der Waals surface area contributed by atoms with Crippen molar-refractivity contribution in [2.24, 2.45) is 0 Å². The van der Waals surface area contributed by atoms with Gasteiger partial charge in [-0.1, -0.05) is 24.3 Å². The molecule has 0 unspecified atom stereocenters. The third kappa shape index (κ3) is 4.87. The topological polar surface area (TPSA) is 59.1 Å². The van der Waals surface area contributed by atoms with Gasteiger partial charge in [-0.05, 0) is 43.5 Å². The average Bonchev–Trinajstić information content (AvgIpc) is 2.81. The lowest BCUT2D eigenvalue weighted by molar-refractivity contribution is 0.0725. The van der Waals surface area contributed by atoms with Crippen LogP contribution in [0.15, 0.2) is 48.5 Å². The second kappa shape index (κ2) is 9.85. The molecule has 2 aliphatic heterocycles. The summed E-state index contributed by atoms with van der Waals surface area (Å²) in [6.45, 7) is 7.24. The van der Waals surface area contributed by atoms with Gasteiger partial charge >= 0.3 is 0 Å². The molecule has 1 amide bonds. The molecule has 0 aliphatic carbocycles. The van der Waals surface area contributed by atoms with Crippen LogP contribution in [0.5, 0.6) is 5.75 Å². The average molecular weight is 409 g/mol. The van der Waals surface area contributed by atoms with Gasteiger partial charge in [-0.3, -0.25) is 9.69 Å². The van der Waals surface area contributed by atoms with E-state index in [0.717, 1.165) is 58.7 Å². The largest absolute Gasteiger partial charge is 0.506 e. The lowest BCUT2D eigenvalue weighted by Gasteiger charge is -2.36. The van der Waals surface area contributed by atoms with Crippen LogP contribution in [0.3, 0.4) is 0 Å². The van der Waals surface area contributed by atoms with Gasteiger partial charge in [0.05, 0.1) is 11.3 Å². The van der Waals surface area contributed by atoms with Crippen LogP contribution in [0.25, 0.3) is 0 Å². The molecule has 2 saturated heterocycles. The molecule has 2 fully saturated rings. The summed E-state index contributed by atoms with van der Waals surface area (Å²) in [6, 6.07) is 15.8. The van der Waals surface area contributed by atoms with Crippen molar-refractivity contribution >= 4 is 17.3 Å². The maximum absolute atomic E-state index is 13.0. The third-order valence-corrected chi connectivity index (χ3v) is 6.14. The lowest BCUT2D eigenvalue weighted by Crippen LogP contribution is -2.47. The van der Waals surface area contributed by atoms with Gasteiger partial charge in [-0.15, -0.1) is 0 Å². The molecule has 0 bridgehead atoms. The summed E-state index contributed by atoms with van der Waals surface area (Å²) in [7, 11) is 0. The molecule has 0 aromatic heterocycles. The van der Waals surface area contributed by atoms with Crippen molar-refractivity contribution in [3.63, 3.8) is 0 Å². The van der Waals surface area contributed by atoms with E-state index >= 15 is 0 Å². The SMILES string of the molecule is O=C(c1cccc(O)c1NCCN1CCN(c2ccccc2)CC1)N1CCCCC1. The number of anilines is 2. The van der Waals surface area contributed by atoms with E-state index in [0.29, 0.717) is 17.8 Å². The van der Waals surface area contributed by atoms with Gasteiger partial charge in [0.25, 0.3) is 5.91 Å². The maximum atomic E-state index is 13.0. The van der Waals surface area contributed by atoms with E-state index in [2.05, 4.69) is 45.4 Å². The highest BCUT2D eigenvalue weighted by Crippen LogP contribution is 2.29. The smallest absolute Gasteiger partial charge is 0.256 e. The highest BCUT2D eigenvalue weighted by Gasteiger charge is 2.22. The number of piperidine rings is 1. The zero-order valence-electron chi connectivity index (χ0n) is 17.6. The Morgan fingerprint density at radius 3 is 2.33 bits per heavy atom. The van der Waals surface area contributed by atoms with Gasteiger partial charge < -0.3 is 20.2 Å². The fourth-order valence-electron chi connectivity index (χ4n) is 4.38. The van der Waals surface area contributed by atoms with Crippen LogP contribution < -0.4 is 10.2 Å². The Morgan fingerprint density at radius 1 is 0.867 bits per heavy atom. The van der Waals surface area contributed by atoms with Gasteiger partial charge in [0, 0.05) is 58.0 Å². The Morgan fingerprint density at radius 2 is 1.60 bits per heavy atom. The number of phenolic OH excluding ortho intramolecular Hbond substituents is 1. The molecule has 2 aliphatic rings. The summed E-state index contributed by atoms with van der Waals surface area (Å²) >= 11 is 0. The first-order valence-corrected chi connectivity index (χ1v) is 11.1. The fraction of sp³-hybridized carbons (Fsp3) is 0.458. The molecule has 6 heteroatoms. The Hall–Kier alpha value is -2.73. The highest BCUT2D eigenvalue weighted by atomic mass is 16.3. The predicted octanol–water partition coefficient (Wildman–Crippen LogP) is 3.25. The molecule has 0 saturated carbocycles. The number of aromatic hydroxyl groups is 1. The molecule has 0 spiro atoms. The van der Waals surface area contributed by atoms with Gasteiger partial charge in [0.2, 0.25) is 0 Å². The van der Waals surface area contributed by atoms with E-state index in [-0.39, 0.29) is 11.7 Å². The van der Waals surface area contributed by atoms with Gasteiger partial charge in [0.1, 0.15) is 5.75 Å². The van der Waals surface area contributed by atoms with Crippen molar-refractivity contribution < 1.29 is 9.90 Å². The van der Waals surface area contributed by atoms with Gasteiger partial charge in [-0.2, -0.15) is 0 Å². The monoisotopic (exact) mass is 408 g/mol. The van der Waals surface area contributed by atoms with Crippen molar-refractivity contribution in [1.82, 2.24) is 9.80 Å². The molecule has 6 nitrogen and oxygen atoms in total. The first-order chi connectivity index (χ1) is 14.7. The molecule has 2 N–H and O–H groups in total. The number of hydrogen-bond donors (Lipinski definition) is 2. The first-order valence-electron chi connectivity index (χ1n) is 11.1. The number of carbonyl (C=O) groups is 1. The number of nitrogens with one attached hydrogen (secondary N) is 1. The van der Waals surface area contributed by atoms with Crippen molar-refractivity contribution in [2.75, 3.05) is 62.6 Å². The summed E-state index contributed by atoms with van der Waals surface area (Å²) in [5, 5.41) is 13.7. The van der Waals surface area contributed by atoms with Gasteiger partial charge in [-0.25, -0.2) is 0 Å². The molecule has 160 valence electrons. The molecular formula is C24H32N4O2. The summed E-state index contributed by atoms with van der Waals surface area (Å²) < 4.78 is 0. The zero-order chi connectivity index (χ0) is 20.8. The molecule has 2 aromatic carbocycles. The Labute approximate surface area is 179 Å². The van der Waals surface area contributed by atoms with E-state index in [1.165, 1.54) is 12.1 Å². The minimum absolute atomic E-state index is 0.0181. The highest BCUT2D eigenvalue weighted by molar-refractivity contribution is 6.01. The number of rotatable bonds is 6. The molecule has 2 heterocycles. The summed E-state index contributed by atoms with van der Waals surface area (Å²) in [5.74, 6) is 0.163. The molecule has 4 rings (SSSR count). The van der Waals surface area contributed by atoms with Crippen LogP contribution in [0.2, 0.25) is 0 Å². The fourth-order valence-corrected chi connectivity index (χ4v) is 4.38. The molecule has 30 heavy (non-hydrogen) atoms. The van der Waals surface area contributed by atoms with Crippen molar-refractivity contribution in [3.05, 3.63) is 54.1 Å². The van der Waals surface area contributed by atoms with E-state index in [1.54, 1.807) is 12.1 Å². The molecule has 0 atom stereocenters. The minimum Gasteiger partial charge on any atom is -0.506 e. The van der Waals surface area contributed by atoms with Crippen molar-refractivity contribution in [1.29, 1.82) is 0 Å². The van der Waals surface area contributed by atoms with Crippen LogP contribution in [0, 0.1) is 0 Å². The van der Waals surface area contributed by atoms with E-state index in [9.17, 15) is 9.90 Å². The predicted molar refractivity (Wildman–Crippen MR) is 121 cm³/mol. The number of carbonyl (C=O) groups excluding carboxylic acids is 1. The quantitative estimate of drug-likeness (QED) is 0.719. The maximum Gasteiger partial charge on any atom is 0.256 e. The minimum atomic E-state index is 0.0181. The Kier molecular flexibility index (Phi) is 6.74. The molecular weight excluding hydrogens is 376 g/mol. The van der Waals surface area contributed by atoms with E-state index in [4.69, 9.17) is 0 Å². The summed E-state index contributed by atoms with van der Waals surface area (Å²) in [4.78, 5) is 19.7. The number of nitrogens with zero attached hydrogens (tertiary/aromatic N) is 3. The van der Waals surface area contributed by atoms with Crippen LogP contribution in [-0.4, -0.2) is 73.2 Å². The third-order valence-electron chi connectivity index (χ3n) is 6.14. The van der Waals surface area contributed by atoms with Crippen molar-refractivity contribution in [3.8, 4) is 5.75 Å². The second-order valence-corrected chi connectivity index (χ2v) is 8.14. The normalized spacial score (nSPS) is 17.7. The number of para-hydroxylation sites is 2. The van der Waals surface area contributed by atoms with Crippen LogP contribution in [0.4, 0.5) is 11.4 Å². The van der Waals surface area contributed by atoms with Crippen LogP contribution in [-0.2, 0) is 0 Å². The summed E-state index contributed by atoms with van der Waals surface area (Å²) in [6.07, 6.45) is 3.30. The van der Waals surface area contributed by atoms with Crippen molar-refractivity contribution in [2.45, 2.75) is 19.3 Å². The Balaban J connectivity index is 1.31. The molecule has 2 aromatic rings. The van der Waals surface area contributed by atoms with E-state index < -0.39 is 0 Å². The number of likely N-dealkylation sites (tertiary alicyclic amines) is 1. The van der Waals surface area contributed by atoms with E-state index in [1.807, 2.05) is 11.0 Å². The molecule has 0 radical (unpaired) electrons. The second-order valence-electron chi connectivity index (χ2n) is 8.14. The standard InChI is InChI=1S/C24H32N4O2/c29-22-11-7-10-21(24(30)28-13-5-2-6-14-28)23(22)25-12-15-26-16-18-27(19-17-26)20-8-3-1-4-9-20/h1,3-4,7-11,25,29H,2,5-6,12-19H2. The van der Waals surface area contributed by atoms with Gasteiger partial charge in [0.15, 0.2) is 0 Å². The first kappa shape index (κ1) is 20.5. The summed E-state index contributed by atoms with van der Waals surface area (Å²) in [5.41, 5.74) is 2.42. The Bertz CT molecular complexity index is 828. The van der Waals surface area contributed by atoms with Crippen LogP contribution >= 0.6 is 0 Å². The number of piperazine rings is 1.